The van der Waals surface area contributed by atoms with Gasteiger partial charge < -0.3 is 25.3 Å². The van der Waals surface area contributed by atoms with Crippen LogP contribution in [0.4, 0.5) is 0 Å². The van der Waals surface area contributed by atoms with E-state index in [1.807, 2.05) is 24.3 Å². The number of benzene rings is 2. The van der Waals surface area contributed by atoms with Crippen molar-refractivity contribution in [1.29, 1.82) is 0 Å². The Balaban J connectivity index is 1.93. The molecule has 0 atom stereocenters. The molecule has 0 aliphatic heterocycles. The predicted octanol–water partition coefficient (Wildman–Crippen LogP) is 6.71. The molecule has 0 radical (unpaired) electrons. The largest absolute Gasteiger partial charge is 0.508 e. The maximum atomic E-state index is 11.1. The average molecular weight is 493 g/mol. The van der Waals surface area contributed by atoms with Gasteiger partial charge in [0.2, 0.25) is 0 Å². The van der Waals surface area contributed by atoms with Crippen LogP contribution in [0.2, 0.25) is 0 Å². The first-order valence-electron chi connectivity index (χ1n) is 13.5. The van der Waals surface area contributed by atoms with Gasteiger partial charge in [-0.05, 0) is 72.3 Å². The molecule has 1 aromatic heterocycles. The summed E-state index contributed by atoms with van der Waals surface area (Å²) in [6.07, 6.45) is 6.57. The number of phenols is 2. The smallest absolute Gasteiger partial charge is 0.120 e. The molecule has 0 fully saturated rings. The number of furan rings is 1. The lowest BCUT2D eigenvalue weighted by atomic mass is 9.75. The van der Waals surface area contributed by atoms with Gasteiger partial charge in [-0.1, -0.05) is 59.6 Å². The van der Waals surface area contributed by atoms with Gasteiger partial charge in [-0.25, -0.2) is 0 Å². The minimum Gasteiger partial charge on any atom is -0.508 e. The van der Waals surface area contributed by atoms with E-state index in [9.17, 15) is 10.2 Å². The van der Waals surface area contributed by atoms with Gasteiger partial charge in [0.25, 0.3) is 0 Å². The lowest BCUT2D eigenvalue weighted by Crippen LogP contribution is -2.22. The van der Waals surface area contributed by atoms with E-state index in [2.05, 4.69) is 57.4 Å². The van der Waals surface area contributed by atoms with E-state index in [-0.39, 0.29) is 5.41 Å². The maximum absolute atomic E-state index is 11.1. The molecule has 4 N–H and O–H groups in total. The second kappa shape index (κ2) is 13.0. The highest BCUT2D eigenvalue weighted by atomic mass is 16.3. The van der Waals surface area contributed by atoms with Crippen molar-refractivity contribution in [1.82, 2.24) is 10.6 Å². The first kappa shape index (κ1) is 27.8. The zero-order valence-electron chi connectivity index (χ0n) is 22.7. The number of hydrogen-bond acceptors (Lipinski definition) is 5. The van der Waals surface area contributed by atoms with Gasteiger partial charge in [-0.2, -0.15) is 0 Å². The van der Waals surface area contributed by atoms with E-state index >= 15 is 0 Å². The fourth-order valence-corrected chi connectivity index (χ4v) is 4.83. The maximum Gasteiger partial charge on any atom is 0.120 e. The van der Waals surface area contributed by atoms with Crippen LogP contribution in [0, 0.1) is 0 Å². The van der Waals surface area contributed by atoms with Crippen LogP contribution in [0.3, 0.4) is 0 Å². The molecular weight excluding hydrogens is 448 g/mol. The van der Waals surface area contributed by atoms with Crippen LogP contribution in [0.1, 0.15) is 93.0 Å². The van der Waals surface area contributed by atoms with Crippen LogP contribution < -0.4 is 10.6 Å². The third-order valence-corrected chi connectivity index (χ3v) is 7.03. The van der Waals surface area contributed by atoms with Crippen molar-refractivity contribution in [2.24, 2.45) is 0 Å². The van der Waals surface area contributed by atoms with Crippen LogP contribution in [0.15, 0.2) is 47.1 Å². The Morgan fingerprint density at radius 2 is 1.31 bits per heavy atom. The summed E-state index contributed by atoms with van der Waals surface area (Å²) in [6, 6.07) is 12.1. The summed E-state index contributed by atoms with van der Waals surface area (Å²) >= 11 is 0. The van der Waals surface area contributed by atoms with Gasteiger partial charge in [0.05, 0.1) is 12.8 Å². The highest BCUT2D eigenvalue weighted by Crippen LogP contribution is 2.39. The number of aromatic hydroxyl groups is 2. The first-order valence-corrected chi connectivity index (χ1v) is 13.5. The van der Waals surface area contributed by atoms with Gasteiger partial charge in [0.15, 0.2) is 0 Å². The first-order chi connectivity index (χ1) is 17.3. The molecule has 3 aromatic rings. The number of phenolic OH excluding ortho intramolecular Hbond substituents is 2. The molecule has 0 aliphatic rings. The molecule has 1 heterocycles. The van der Waals surface area contributed by atoms with Gasteiger partial charge in [0.1, 0.15) is 17.3 Å². The van der Waals surface area contributed by atoms with E-state index in [0.29, 0.717) is 31.1 Å². The number of aryl methyl sites for hydroxylation is 2. The number of rotatable bonds is 14. The topological polar surface area (TPSA) is 77.7 Å². The fourth-order valence-electron chi connectivity index (χ4n) is 4.83. The molecule has 0 saturated carbocycles. The summed E-state index contributed by atoms with van der Waals surface area (Å²) in [5, 5.41) is 29.0. The van der Waals surface area contributed by atoms with E-state index in [1.165, 1.54) is 5.56 Å². The van der Waals surface area contributed by atoms with Crippen molar-refractivity contribution in [3.05, 3.63) is 81.8 Å². The van der Waals surface area contributed by atoms with Gasteiger partial charge >= 0.3 is 0 Å². The summed E-state index contributed by atoms with van der Waals surface area (Å²) in [4.78, 5) is 0. The molecule has 0 saturated heterocycles. The molecule has 0 aliphatic carbocycles. The quantitative estimate of drug-likeness (QED) is 0.188. The second-order valence-electron chi connectivity index (χ2n) is 10.3. The van der Waals surface area contributed by atoms with Crippen LogP contribution >= 0.6 is 0 Å². The zero-order valence-corrected chi connectivity index (χ0v) is 22.7. The average Bonchev–Trinajstić information content (AvgIpc) is 3.36. The van der Waals surface area contributed by atoms with Crippen molar-refractivity contribution in [2.45, 2.75) is 91.8 Å². The molecule has 0 amide bonds. The number of nitrogens with one attached hydrogen (secondary N) is 2. The van der Waals surface area contributed by atoms with E-state index in [0.717, 1.165) is 72.2 Å². The Bertz CT molecular complexity index is 1100. The Kier molecular flexibility index (Phi) is 10.0. The number of hydrogen-bond donors (Lipinski definition) is 4. The Morgan fingerprint density at radius 3 is 1.78 bits per heavy atom. The monoisotopic (exact) mass is 492 g/mol. The third-order valence-electron chi connectivity index (χ3n) is 7.03. The summed E-state index contributed by atoms with van der Waals surface area (Å²) in [7, 11) is 0. The lowest BCUT2D eigenvalue weighted by molar-refractivity contribution is 0.451. The zero-order chi connectivity index (χ0) is 26.1. The van der Waals surface area contributed by atoms with Crippen molar-refractivity contribution in [3.8, 4) is 11.5 Å². The van der Waals surface area contributed by atoms with Crippen molar-refractivity contribution in [2.75, 3.05) is 6.54 Å². The Hall–Kier alpha value is -2.76. The molecule has 0 bridgehead atoms. The molecule has 196 valence electrons. The van der Waals surface area contributed by atoms with E-state index < -0.39 is 0 Å². The summed E-state index contributed by atoms with van der Waals surface area (Å²) < 4.78 is 5.42. The molecule has 36 heavy (non-hydrogen) atoms. The lowest BCUT2D eigenvalue weighted by Gasteiger charge is -2.29. The molecule has 5 nitrogen and oxygen atoms in total. The third kappa shape index (κ3) is 6.71. The van der Waals surface area contributed by atoms with Gasteiger partial charge in [0, 0.05) is 29.6 Å². The summed E-state index contributed by atoms with van der Waals surface area (Å²) in [5.74, 6) is 1.54. The minimum absolute atomic E-state index is 0.314. The molecular formula is C31H44N2O3. The van der Waals surface area contributed by atoms with Crippen LogP contribution in [-0.4, -0.2) is 16.8 Å². The fraction of sp³-hybridized carbons (Fsp3) is 0.484. The highest BCUT2D eigenvalue weighted by molar-refractivity contribution is 5.52. The van der Waals surface area contributed by atoms with Crippen molar-refractivity contribution in [3.63, 3.8) is 0 Å². The molecule has 0 unspecified atom stereocenters. The van der Waals surface area contributed by atoms with Crippen molar-refractivity contribution >= 4 is 0 Å². The Labute approximate surface area is 217 Å². The van der Waals surface area contributed by atoms with E-state index in [4.69, 9.17) is 4.42 Å². The standard InChI is InChI=1S/C31H44N2O3/c1-6-10-22-15-24(17-29(34)27(22)20-32-13-8-3)31(4,5)25-16-23(11-7-2)28(30(35)18-25)21-33-19-26-12-9-14-36-26/h9,12,14-18,32-35H,6-8,10-11,13,19-21H2,1-5H3. The molecule has 2 aromatic carbocycles. The predicted molar refractivity (Wildman–Crippen MR) is 148 cm³/mol. The van der Waals surface area contributed by atoms with E-state index in [1.54, 1.807) is 6.26 Å². The summed E-state index contributed by atoms with van der Waals surface area (Å²) in [5.41, 5.74) is 6.03. The molecule has 3 rings (SSSR count). The molecule has 5 heteroatoms. The van der Waals surface area contributed by atoms with Gasteiger partial charge in [-0.3, -0.25) is 0 Å². The molecule has 0 spiro atoms. The highest BCUT2D eigenvalue weighted by Gasteiger charge is 2.27. The summed E-state index contributed by atoms with van der Waals surface area (Å²) in [6.45, 7) is 13.6. The normalized spacial score (nSPS) is 11.8. The van der Waals surface area contributed by atoms with Crippen LogP contribution in [0.25, 0.3) is 0 Å². The van der Waals surface area contributed by atoms with Gasteiger partial charge in [-0.15, -0.1) is 0 Å². The van der Waals surface area contributed by atoms with Crippen molar-refractivity contribution < 1.29 is 14.6 Å². The minimum atomic E-state index is -0.380. The second-order valence-corrected chi connectivity index (χ2v) is 10.3. The van der Waals surface area contributed by atoms with Crippen LogP contribution in [-0.2, 0) is 37.9 Å². The SMILES string of the molecule is CCCNCc1c(O)cc(C(C)(C)c2cc(O)c(CNCc3ccco3)c(CCC)c2)cc1CCC. The Morgan fingerprint density at radius 1 is 0.750 bits per heavy atom. The van der Waals surface area contributed by atoms with Crippen LogP contribution in [0.5, 0.6) is 11.5 Å².